The maximum absolute atomic E-state index is 6.21. The van der Waals surface area contributed by atoms with Gasteiger partial charge in [-0.2, -0.15) is 0 Å². The van der Waals surface area contributed by atoms with E-state index in [4.69, 9.17) is 4.74 Å². The summed E-state index contributed by atoms with van der Waals surface area (Å²) in [7, 11) is 0. The normalized spacial score (nSPS) is 25.2. The van der Waals surface area contributed by atoms with Crippen molar-refractivity contribution in [3.8, 4) is 0 Å². The van der Waals surface area contributed by atoms with Crippen molar-refractivity contribution in [1.29, 1.82) is 0 Å². The van der Waals surface area contributed by atoms with Crippen molar-refractivity contribution < 1.29 is 4.74 Å². The van der Waals surface area contributed by atoms with E-state index in [9.17, 15) is 0 Å². The zero-order valence-electron chi connectivity index (χ0n) is 13.5. The third-order valence-corrected chi connectivity index (χ3v) is 5.20. The molecule has 0 aromatic heterocycles. The van der Waals surface area contributed by atoms with Crippen molar-refractivity contribution >= 4 is 5.69 Å². The molecule has 0 radical (unpaired) electrons. The molecule has 1 saturated heterocycles. The lowest BCUT2D eigenvalue weighted by molar-refractivity contribution is -0.103. The SMILES string of the molecule is CC(C)c1ccccc1NC1CCOC2(CCCCC2)C1. The van der Waals surface area contributed by atoms with Crippen LogP contribution < -0.4 is 5.32 Å². The summed E-state index contributed by atoms with van der Waals surface area (Å²) in [5.74, 6) is 0.567. The van der Waals surface area contributed by atoms with Gasteiger partial charge in [0.2, 0.25) is 0 Å². The zero-order valence-corrected chi connectivity index (χ0v) is 13.5. The van der Waals surface area contributed by atoms with Gasteiger partial charge in [0.05, 0.1) is 5.60 Å². The quantitative estimate of drug-likeness (QED) is 0.834. The first-order valence-corrected chi connectivity index (χ1v) is 8.68. The first-order chi connectivity index (χ1) is 10.2. The predicted molar refractivity (Wildman–Crippen MR) is 88.9 cm³/mol. The van der Waals surface area contributed by atoms with Gasteiger partial charge >= 0.3 is 0 Å². The third kappa shape index (κ3) is 3.42. The molecular weight excluding hydrogens is 258 g/mol. The van der Waals surface area contributed by atoms with Crippen LogP contribution in [0.3, 0.4) is 0 Å². The van der Waals surface area contributed by atoms with Gasteiger partial charge < -0.3 is 10.1 Å². The van der Waals surface area contributed by atoms with Crippen molar-refractivity contribution in [3.63, 3.8) is 0 Å². The lowest BCUT2D eigenvalue weighted by Crippen LogP contribution is -2.45. The van der Waals surface area contributed by atoms with Crippen molar-refractivity contribution in [2.45, 2.75) is 76.4 Å². The van der Waals surface area contributed by atoms with Crippen LogP contribution in [-0.2, 0) is 4.74 Å². The molecule has 1 aliphatic carbocycles. The predicted octanol–water partition coefficient (Wildman–Crippen LogP) is 5.10. The summed E-state index contributed by atoms with van der Waals surface area (Å²) < 4.78 is 6.21. The molecule has 1 saturated carbocycles. The first kappa shape index (κ1) is 14.9. The lowest BCUT2D eigenvalue weighted by atomic mass is 9.78. The van der Waals surface area contributed by atoms with Gasteiger partial charge in [-0.1, -0.05) is 51.3 Å². The topological polar surface area (TPSA) is 21.3 Å². The molecule has 116 valence electrons. The van der Waals surface area contributed by atoms with Crippen molar-refractivity contribution in [3.05, 3.63) is 29.8 Å². The summed E-state index contributed by atoms with van der Waals surface area (Å²) >= 11 is 0. The molecule has 1 atom stereocenters. The van der Waals surface area contributed by atoms with Crippen molar-refractivity contribution in [2.75, 3.05) is 11.9 Å². The van der Waals surface area contributed by atoms with Gasteiger partial charge in [-0.25, -0.2) is 0 Å². The zero-order chi connectivity index (χ0) is 14.7. The average molecular weight is 287 g/mol. The van der Waals surface area contributed by atoms with E-state index in [-0.39, 0.29) is 5.60 Å². The van der Waals surface area contributed by atoms with E-state index in [1.54, 1.807) is 0 Å². The minimum absolute atomic E-state index is 0.181. The van der Waals surface area contributed by atoms with Gasteiger partial charge in [-0.15, -0.1) is 0 Å². The number of hydrogen-bond donors (Lipinski definition) is 1. The summed E-state index contributed by atoms with van der Waals surface area (Å²) in [6.07, 6.45) is 8.91. The second kappa shape index (κ2) is 6.39. The molecule has 1 aromatic carbocycles. The van der Waals surface area contributed by atoms with Crippen LogP contribution in [0.4, 0.5) is 5.69 Å². The Bertz CT molecular complexity index is 457. The summed E-state index contributed by atoms with van der Waals surface area (Å²) in [5, 5.41) is 3.82. The fourth-order valence-electron chi connectivity index (χ4n) is 4.05. The van der Waals surface area contributed by atoms with Crippen LogP contribution in [0.2, 0.25) is 0 Å². The summed E-state index contributed by atoms with van der Waals surface area (Å²) in [6, 6.07) is 9.34. The fourth-order valence-corrected chi connectivity index (χ4v) is 4.05. The molecule has 3 rings (SSSR count). The van der Waals surface area contributed by atoms with Gasteiger partial charge in [-0.3, -0.25) is 0 Å². The largest absolute Gasteiger partial charge is 0.382 e. The number of rotatable bonds is 3. The Balaban J connectivity index is 1.70. The van der Waals surface area contributed by atoms with Gasteiger partial charge in [0.1, 0.15) is 0 Å². The van der Waals surface area contributed by atoms with Gasteiger partial charge in [0.25, 0.3) is 0 Å². The highest BCUT2D eigenvalue weighted by Crippen LogP contribution is 2.39. The standard InChI is InChI=1S/C19H29NO/c1-15(2)17-8-4-5-9-18(17)20-16-10-13-21-19(14-16)11-6-3-7-12-19/h4-5,8-9,15-16,20H,3,6-7,10-14H2,1-2H3. The number of para-hydroxylation sites is 1. The first-order valence-electron chi connectivity index (χ1n) is 8.68. The van der Waals surface area contributed by atoms with Gasteiger partial charge in [-0.05, 0) is 43.2 Å². The Morgan fingerprint density at radius 1 is 1.14 bits per heavy atom. The summed E-state index contributed by atoms with van der Waals surface area (Å²) in [5.41, 5.74) is 2.94. The molecule has 1 unspecified atom stereocenters. The number of hydrogen-bond acceptors (Lipinski definition) is 2. The Morgan fingerprint density at radius 3 is 2.67 bits per heavy atom. The van der Waals surface area contributed by atoms with E-state index in [2.05, 4.69) is 43.4 Å². The minimum Gasteiger partial charge on any atom is -0.382 e. The summed E-state index contributed by atoms with van der Waals surface area (Å²) in [6.45, 7) is 5.46. The van der Waals surface area contributed by atoms with E-state index in [1.807, 2.05) is 0 Å². The van der Waals surface area contributed by atoms with E-state index in [0.29, 0.717) is 12.0 Å². The Kier molecular flexibility index (Phi) is 4.54. The Morgan fingerprint density at radius 2 is 1.90 bits per heavy atom. The van der Waals surface area contributed by atoms with E-state index in [0.717, 1.165) is 13.0 Å². The molecule has 2 heteroatoms. The molecule has 1 heterocycles. The molecule has 21 heavy (non-hydrogen) atoms. The van der Waals surface area contributed by atoms with Crippen LogP contribution in [0.25, 0.3) is 0 Å². The smallest absolute Gasteiger partial charge is 0.0702 e. The Labute approximate surface area is 129 Å². The number of nitrogens with one attached hydrogen (secondary N) is 1. The number of benzene rings is 1. The fraction of sp³-hybridized carbons (Fsp3) is 0.684. The van der Waals surface area contributed by atoms with Crippen molar-refractivity contribution in [2.24, 2.45) is 0 Å². The van der Waals surface area contributed by atoms with E-state index < -0.39 is 0 Å². The molecule has 2 aliphatic rings. The molecule has 0 bridgehead atoms. The molecule has 1 N–H and O–H groups in total. The van der Waals surface area contributed by atoms with E-state index in [1.165, 1.54) is 49.8 Å². The third-order valence-electron chi connectivity index (χ3n) is 5.20. The van der Waals surface area contributed by atoms with Crippen LogP contribution in [0.15, 0.2) is 24.3 Å². The van der Waals surface area contributed by atoms with Crippen LogP contribution >= 0.6 is 0 Å². The molecule has 2 fully saturated rings. The van der Waals surface area contributed by atoms with Crippen molar-refractivity contribution in [1.82, 2.24) is 0 Å². The Hall–Kier alpha value is -1.02. The highest BCUT2D eigenvalue weighted by Gasteiger charge is 2.38. The molecule has 0 amide bonds. The van der Waals surface area contributed by atoms with Crippen LogP contribution in [0.5, 0.6) is 0 Å². The molecule has 1 aliphatic heterocycles. The second-order valence-corrected chi connectivity index (χ2v) is 7.17. The minimum atomic E-state index is 0.181. The molecular formula is C19H29NO. The van der Waals surface area contributed by atoms with Crippen LogP contribution in [0, 0.1) is 0 Å². The van der Waals surface area contributed by atoms with Gasteiger partial charge in [0, 0.05) is 18.3 Å². The highest BCUT2D eigenvalue weighted by molar-refractivity contribution is 5.53. The van der Waals surface area contributed by atoms with Crippen LogP contribution in [-0.4, -0.2) is 18.2 Å². The lowest BCUT2D eigenvalue weighted by Gasteiger charge is -2.44. The second-order valence-electron chi connectivity index (χ2n) is 7.17. The van der Waals surface area contributed by atoms with Gasteiger partial charge in [0.15, 0.2) is 0 Å². The summed E-state index contributed by atoms with van der Waals surface area (Å²) in [4.78, 5) is 0. The van der Waals surface area contributed by atoms with Crippen LogP contribution in [0.1, 0.15) is 70.3 Å². The molecule has 1 aromatic rings. The highest BCUT2D eigenvalue weighted by atomic mass is 16.5. The monoisotopic (exact) mass is 287 g/mol. The average Bonchev–Trinajstić information content (AvgIpc) is 2.48. The van der Waals surface area contributed by atoms with E-state index >= 15 is 0 Å². The molecule has 1 spiro atoms. The maximum atomic E-state index is 6.21. The maximum Gasteiger partial charge on any atom is 0.0702 e. The number of anilines is 1. The molecule has 2 nitrogen and oxygen atoms in total. The number of ether oxygens (including phenoxy) is 1.